The van der Waals surface area contributed by atoms with Crippen molar-refractivity contribution in [2.75, 3.05) is 13.1 Å². The number of nitrogens with one attached hydrogen (secondary N) is 2. The number of rotatable bonds is 6. The van der Waals surface area contributed by atoms with Crippen LogP contribution in [0, 0.1) is 0 Å². The van der Waals surface area contributed by atoms with Gasteiger partial charge >= 0.3 is 12.3 Å². The lowest BCUT2D eigenvalue weighted by atomic mass is 9.98. The minimum absolute atomic E-state index is 0.220. The quantitative estimate of drug-likeness (QED) is 0.605. The summed E-state index contributed by atoms with van der Waals surface area (Å²) in [6.07, 6.45) is -4.86. The van der Waals surface area contributed by atoms with Gasteiger partial charge in [-0.15, -0.1) is 0 Å². The van der Waals surface area contributed by atoms with Crippen LogP contribution in [0.4, 0.5) is 18.0 Å². The van der Waals surface area contributed by atoms with Crippen LogP contribution in [0.25, 0.3) is 0 Å². The summed E-state index contributed by atoms with van der Waals surface area (Å²) in [5, 5.41) is 0. The van der Waals surface area contributed by atoms with Crippen LogP contribution in [0.3, 0.4) is 0 Å². The maximum atomic E-state index is 12.8. The smallest absolute Gasteiger partial charge is 0.416 e. The Hall–Kier alpha value is -3.56. The van der Waals surface area contributed by atoms with E-state index in [2.05, 4.69) is 10.9 Å². The van der Waals surface area contributed by atoms with E-state index in [1.807, 2.05) is 0 Å². The minimum atomic E-state index is -4.43. The topological polar surface area (TPSA) is 87.7 Å². The van der Waals surface area contributed by atoms with E-state index >= 15 is 0 Å². The molecule has 0 saturated carbocycles. The van der Waals surface area contributed by atoms with Gasteiger partial charge in [0.2, 0.25) is 0 Å². The van der Waals surface area contributed by atoms with Gasteiger partial charge in [0.1, 0.15) is 12.1 Å². The highest BCUT2D eigenvalue weighted by atomic mass is 19.4. The van der Waals surface area contributed by atoms with Crippen molar-refractivity contribution in [3.05, 3.63) is 70.8 Å². The van der Waals surface area contributed by atoms with Crippen molar-refractivity contribution in [2.24, 2.45) is 0 Å². The molecule has 2 rings (SSSR count). The monoisotopic (exact) mass is 479 g/mol. The van der Waals surface area contributed by atoms with Crippen LogP contribution in [0.15, 0.2) is 48.5 Å². The first-order valence-electron chi connectivity index (χ1n) is 10.6. The van der Waals surface area contributed by atoms with Gasteiger partial charge in [0.05, 0.1) is 5.56 Å². The molecule has 184 valence electrons. The molecule has 0 aliphatic heterocycles. The Morgan fingerprint density at radius 3 is 2.12 bits per heavy atom. The number of halogens is 3. The number of hydrazine groups is 1. The number of hydrogen-bond donors (Lipinski definition) is 2. The van der Waals surface area contributed by atoms with E-state index in [-0.39, 0.29) is 25.1 Å². The zero-order chi connectivity index (χ0) is 25.5. The zero-order valence-corrected chi connectivity index (χ0v) is 19.5. The van der Waals surface area contributed by atoms with E-state index in [4.69, 9.17) is 4.74 Å². The predicted molar refractivity (Wildman–Crippen MR) is 120 cm³/mol. The molecule has 0 aliphatic carbocycles. The summed E-state index contributed by atoms with van der Waals surface area (Å²) in [5.74, 6) is -1.22. The molecule has 2 aromatic carbocycles. The first-order valence-corrected chi connectivity index (χ1v) is 10.6. The van der Waals surface area contributed by atoms with E-state index < -0.39 is 35.2 Å². The third-order valence-corrected chi connectivity index (χ3v) is 4.62. The van der Waals surface area contributed by atoms with Crippen molar-refractivity contribution in [3.63, 3.8) is 0 Å². The minimum Gasteiger partial charge on any atom is -0.444 e. The molecule has 0 heterocycles. The van der Waals surface area contributed by atoms with E-state index in [0.717, 1.165) is 12.1 Å². The molecule has 0 radical (unpaired) electrons. The molecule has 0 fully saturated rings. The Balaban J connectivity index is 2.00. The summed E-state index contributed by atoms with van der Waals surface area (Å²) < 4.78 is 43.5. The van der Waals surface area contributed by atoms with E-state index in [1.165, 1.54) is 17.0 Å². The van der Waals surface area contributed by atoms with E-state index in [1.54, 1.807) is 52.0 Å². The highest BCUT2D eigenvalue weighted by Gasteiger charge is 2.30. The largest absolute Gasteiger partial charge is 0.444 e. The van der Waals surface area contributed by atoms with Gasteiger partial charge in [-0.05, 0) is 63.4 Å². The number of alkyl halides is 3. The molecular formula is C24H28F3N3O4. The lowest BCUT2D eigenvalue weighted by Crippen LogP contribution is -2.48. The Morgan fingerprint density at radius 2 is 1.56 bits per heavy atom. The molecule has 0 aromatic heterocycles. The van der Waals surface area contributed by atoms with Gasteiger partial charge in [0.25, 0.3) is 11.8 Å². The number of carbonyl (C=O) groups is 3. The van der Waals surface area contributed by atoms with Crippen LogP contribution in [-0.2, 0) is 22.1 Å². The highest BCUT2D eigenvalue weighted by molar-refractivity contribution is 5.97. The average molecular weight is 479 g/mol. The second-order valence-corrected chi connectivity index (χ2v) is 8.53. The molecule has 0 spiro atoms. The van der Waals surface area contributed by atoms with Crippen molar-refractivity contribution >= 4 is 17.9 Å². The Kier molecular flexibility index (Phi) is 8.67. The van der Waals surface area contributed by atoms with Crippen LogP contribution < -0.4 is 10.9 Å². The van der Waals surface area contributed by atoms with Gasteiger partial charge in [-0.3, -0.25) is 25.3 Å². The average Bonchev–Trinajstić information content (AvgIpc) is 2.74. The first kappa shape index (κ1) is 26.7. The highest BCUT2D eigenvalue weighted by Crippen LogP contribution is 2.29. The fourth-order valence-corrected chi connectivity index (χ4v) is 2.97. The molecule has 7 nitrogen and oxygen atoms in total. The van der Waals surface area contributed by atoms with Crippen LogP contribution in [-0.4, -0.2) is 41.5 Å². The van der Waals surface area contributed by atoms with Crippen LogP contribution in [0.5, 0.6) is 0 Å². The van der Waals surface area contributed by atoms with E-state index in [0.29, 0.717) is 11.1 Å². The number of carbonyl (C=O) groups excluding carboxylic acids is 3. The normalized spacial score (nSPS) is 11.5. The Labute approximate surface area is 196 Å². The van der Waals surface area contributed by atoms with Crippen LogP contribution in [0.1, 0.15) is 54.7 Å². The maximum Gasteiger partial charge on any atom is 0.416 e. The Morgan fingerprint density at radius 1 is 0.941 bits per heavy atom. The van der Waals surface area contributed by atoms with Crippen molar-refractivity contribution in [2.45, 2.75) is 45.9 Å². The molecule has 3 amide bonds. The van der Waals surface area contributed by atoms with Crippen LogP contribution in [0.2, 0.25) is 0 Å². The molecule has 2 aromatic rings. The second kappa shape index (κ2) is 11.0. The number of ether oxygens (including phenoxy) is 1. The molecule has 0 bridgehead atoms. The molecule has 10 heteroatoms. The third-order valence-electron chi connectivity index (χ3n) is 4.62. The zero-order valence-electron chi connectivity index (χ0n) is 19.5. The molecule has 0 aliphatic rings. The standard InChI is InChI=1S/C24H28F3N3O4/c1-5-30(22(33)34-23(2,3)4)15-20(31)28-29-21(32)19-9-7-6-8-17(19)14-16-10-12-18(13-11-16)24(25,26)27/h6-13H,5,14-15H2,1-4H3,(H,28,31)(H,29,32). The molecule has 34 heavy (non-hydrogen) atoms. The number of amides is 3. The third kappa shape index (κ3) is 8.09. The van der Waals surface area contributed by atoms with Gasteiger partial charge in [-0.1, -0.05) is 30.3 Å². The van der Waals surface area contributed by atoms with Crippen molar-refractivity contribution in [1.82, 2.24) is 15.8 Å². The lowest BCUT2D eigenvalue weighted by molar-refractivity contribution is -0.137. The van der Waals surface area contributed by atoms with Crippen molar-refractivity contribution < 1.29 is 32.3 Å². The Bertz CT molecular complexity index is 1020. The molecular weight excluding hydrogens is 451 g/mol. The van der Waals surface area contributed by atoms with Gasteiger partial charge in [-0.25, -0.2) is 4.79 Å². The van der Waals surface area contributed by atoms with Gasteiger partial charge in [0.15, 0.2) is 0 Å². The van der Waals surface area contributed by atoms with Crippen LogP contribution >= 0.6 is 0 Å². The fraction of sp³-hybridized carbons (Fsp3) is 0.375. The number of nitrogens with zero attached hydrogens (tertiary/aromatic N) is 1. The van der Waals surface area contributed by atoms with Crippen molar-refractivity contribution in [3.8, 4) is 0 Å². The molecule has 0 unspecified atom stereocenters. The number of benzene rings is 2. The van der Waals surface area contributed by atoms with Gasteiger partial charge < -0.3 is 4.74 Å². The summed E-state index contributed by atoms with van der Waals surface area (Å²) in [5.41, 5.74) is 4.51. The molecule has 0 atom stereocenters. The van der Waals surface area contributed by atoms with Crippen molar-refractivity contribution in [1.29, 1.82) is 0 Å². The molecule has 2 N–H and O–H groups in total. The second-order valence-electron chi connectivity index (χ2n) is 8.53. The number of hydrogen-bond acceptors (Lipinski definition) is 4. The van der Waals surface area contributed by atoms with E-state index in [9.17, 15) is 27.6 Å². The summed E-state index contributed by atoms with van der Waals surface area (Å²) in [4.78, 5) is 38.2. The SMILES string of the molecule is CCN(CC(=O)NNC(=O)c1ccccc1Cc1ccc(C(F)(F)F)cc1)C(=O)OC(C)(C)C. The fourth-order valence-electron chi connectivity index (χ4n) is 2.97. The van der Waals surface area contributed by atoms with Gasteiger partial charge in [-0.2, -0.15) is 13.2 Å². The summed E-state index contributed by atoms with van der Waals surface area (Å²) in [6, 6.07) is 11.2. The summed E-state index contributed by atoms with van der Waals surface area (Å²) in [6.45, 7) is 6.72. The first-order chi connectivity index (χ1) is 15.8. The summed E-state index contributed by atoms with van der Waals surface area (Å²) in [7, 11) is 0. The number of likely N-dealkylation sites (N-methyl/N-ethyl adjacent to an activating group) is 1. The maximum absolute atomic E-state index is 12.8. The van der Waals surface area contributed by atoms with Gasteiger partial charge in [0, 0.05) is 12.1 Å². The predicted octanol–water partition coefficient (Wildman–Crippen LogP) is 4.31. The lowest BCUT2D eigenvalue weighted by Gasteiger charge is -2.26. The summed E-state index contributed by atoms with van der Waals surface area (Å²) >= 11 is 0. The molecule has 0 saturated heterocycles.